The molecule has 11 nitrogen and oxygen atoms in total. The zero-order valence-electron chi connectivity index (χ0n) is 25.7. The highest BCUT2D eigenvalue weighted by molar-refractivity contribution is 5.94. The molecule has 45 heavy (non-hydrogen) atoms. The molecule has 3 aromatic rings. The van der Waals surface area contributed by atoms with Crippen molar-refractivity contribution in [2.24, 2.45) is 0 Å². The molecule has 0 unspecified atom stereocenters. The molecular formula is C33H37FN8O3. The number of nitrogens with zero attached hydrogens (tertiary/aromatic N) is 8. The van der Waals surface area contributed by atoms with Crippen LogP contribution in [0.2, 0.25) is 0 Å². The topological polar surface area (TPSA) is 111 Å². The maximum Gasteiger partial charge on any atom is 0.318 e. The number of carbonyl (C=O) groups is 1. The van der Waals surface area contributed by atoms with Crippen molar-refractivity contribution in [1.82, 2.24) is 24.8 Å². The number of anilines is 2. The van der Waals surface area contributed by atoms with Crippen molar-refractivity contribution < 1.29 is 18.7 Å². The number of rotatable bonds is 11. The second-order valence-corrected chi connectivity index (χ2v) is 11.6. The Balaban J connectivity index is 1.31. The van der Waals surface area contributed by atoms with Crippen LogP contribution in [0.15, 0.2) is 54.6 Å². The molecule has 0 N–H and O–H groups in total. The highest BCUT2D eigenvalue weighted by atomic mass is 19.1. The summed E-state index contributed by atoms with van der Waals surface area (Å²) in [6, 6.07) is 7.44. The summed E-state index contributed by atoms with van der Waals surface area (Å²) < 4.78 is 26.8. The van der Waals surface area contributed by atoms with E-state index in [4.69, 9.17) is 19.4 Å². The standard InChI is InChI=1S/C33H37FN8O3/c1-39(2)13-4-7-30(43)42-16-15-41(21-24(42)10-12-35)32-26-11-14-40(29-20-36-19-23-5-3-6-27(34)31(23)29)22-28(26)37-33(38-32)45-18-17-44-25-8-9-25/h3-7,19-21,25H,8-11,13-18,22H2,1-2H3/b7-4+. The lowest BCUT2D eigenvalue weighted by Gasteiger charge is -2.36. The fraction of sp³-hybridized carbons (Fsp3) is 0.424. The number of aromatic nitrogens is 3. The smallest absolute Gasteiger partial charge is 0.318 e. The third kappa shape index (κ3) is 7.05. The molecule has 1 amide bonds. The first kappa shape index (κ1) is 30.4. The Labute approximate surface area is 262 Å². The zero-order chi connectivity index (χ0) is 31.3. The zero-order valence-corrected chi connectivity index (χ0v) is 25.7. The van der Waals surface area contributed by atoms with Crippen LogP contribution in [-0.4, -0.2) is 90.3 Å². The number of halogens is 1. The molecule has 1 aromatic carbocycles. The number of likely N-dealkylation sites (N-methyl/N-ethyl adjacent to an activating group) is 1. The van der Waals surface area contributed by atoms with Gasteiger partial charge in [-0.2, -0.15) is 15.2 Å². The first-order valence-corrected chi connectivity index (χ1v) is 15.3. The highest BCUT2D eigenvalue weighted by Crippen LogP contribution is 2.35. The molecule has 12 heteroatoms. The number of allylic oxidation sites excluding steroid dienone is 1. The summed E-state index contributed by atoms with van der Waals surface area (Å²) in [6.45, 7) is 3.31. The quantitative estimate of drug-likeness (QED) is 0.234. The van der Waals surface area contributed by atoms with E-state index in [0.29, 0.717) is 81.1 Å². The number of fused-ring (bicyclic) bond motifs is 2. The molecule has 1 aliphatic carbocycles. The average Bonchev–Trinajstić information content (AvgIpc) is 3.87. The van der Waals surface area contributed by atoms with Crippen LogP contribution in [0.1, 0.15) is 30.5 Å². The SMILES string of the molecule is CN(C)C/C=C/C(=O)N1CCN(c2nc(OCCOC3CC3)nc3c2CCN(c2cncc4cccc(F)c24)C3)C=C1CC#N. The molecule has 0 bridgehead atoms. The van der Waals surface area contributed by atoms with E-state index >= 15 is 4.39 Å². The highest BCUT2D eigenvalue weighted by Gasteiger charge is 2.30. The van der Waals surface area contributed by atoms with Crippen molar-refractivity contribution in [2.45, 2.75) is 38.3 Å². The van der Waals surface area contributed by atoms with Gasteiger partial charge in [-0.05, 0) is 39.4 Å². The summed E-state index contributed by atoms with van der Waals surface area (Å²) in [5.41, 5.74) is 3.05. The normalized spacial score (nSPS) is 16.7. The predicted molar refractivity (Wildman–Crippen MR) is 168 cm³/mol. The Kier molecular flexibility index (Phi) is 9.18. The van der Waals surface area contributed by atoms with Gasteiger partial charge in [0, 0.05) is 61.0 Å². The van der Waals surface area contributed by atoms with Gasteiger partial charge in [0.15, 0.2) is 0 Å². The maximum atomic E-state index is 15.0. The largest absolute Gasteiger partial charge is 0.461 e. The first-order chi connectivity index (χ1) is 21.9. The molecule has 0 saturated heterocycles. The van der Waals surface area contributed by atoms with E-state index in [-0.39, 0.29) is 24.2 Å². The molecule has 2 aliphatic heterocycles. The Hall–Kier alpha value is -4.60. The van der Waals surface area contributed by atoms with E-state index in [9.17, 15) is 10.1 Å². The van der Waals surface area contributed by atoms with Gasteiger partial charge in [-0.15, -0.1) is 0 Å². The average molecular weight is 613 g/mol. The minimum atomic E-state index is -0.294. The van der Waals surface area contributed by atoms with Gasteiger partial charge in [-0.3, -0.25) is 9.78 Å². The van der Waals surface area contributed by atoms with Gasteiger partial charge in [0.2, 0.25) is 0 Å². The van der Waals surface area contributed by atoms with Crippen molar-refractivity contribution in [3.8, 4) is 12.1 Å². The number of benzene rings is 1. The van der Waals surface area contributed by atoms with Crippen molar-refractivity contribution in [3.63, 3.8) is 0 Å². The van der Waals surface area contributed by atoms with Crippen LogP contribution in [-0.2, 0) is 22.5 Å². The third-order valence-electron chi connectivity index (χ3n) is 8.01. The maximum absolute atomic E-state index is 15.0. The molecule has 3 aliphatic rings. The molecular weight excluding hydrogens is 575 g/mol. The van der Waals surface area contributed by atoms with Crippen molar-refractivity contribution in [1.29, 1.82) is 5.26 Å². The number of amides is 1. The molecule has 2 aromatic heterocycles. The minimum absolute atomic E-state index is 0.0757. The van der Waals surface area contributed by atoms with Gasteiger partial charge in [0.1, 0.15) is 18.2 Å². The van der Waals surface area contributed by atoms with Crippen LogP contribution in [0.3, 0.4) is 0 Å². The van der Waals surface area contributed by atoms with Gasteiger partial charge in [0.25, 0.3) is 5.91 Å². The van der Waals surface area contributed by atoms with Crippen molar-refractivity contribution in [2.75, 3.05) is 63.3 Å². The number of pyridine rings is 1. The summed E-state index contributed by atoms with van der Waals surface area (Å²) in [5, 5.41) is 10.9. The summed E-state index contributed by atoms with van der Waals surface area (Å²) in [7, 11) is 3.87. The summed E-state index contributed by atoms with van der Waals surface area (Å²) in [4.78, 5) is 34.7. The van der Waals surface area contributed by atoms with Gasteiger partial charge in [-0.25, -0.2) is 4.39 Å². The molecule has 1 fully saturated rings. The molecule has 6 rings (SSSR count). The van der Waals surface area contributed by atoms with Crippen LogP contribution in [0, 0.1) is 17.1 Å². The van der Waals surface area contributed by atoms with Crippen LogP contribution in [0.25, 0.3) is 10.8 Å². The number of nitriles is 1. The summed E-state index contributed by atoms with van der Waals surface area (Å²) >= 11 is 0. The van der Waals surface area contributed by atoms with Crippen molar-refractivity contribution in [3.05, 3.63) is 71.7 Å². The first-order valence-electron chi connectivity index (χ1n) is 15.3. The fourth-order valence-electron chi connectivity index (χ4n) is 5.65. The Morgan fingerprint density at radius 3 is 2.84 bits per heavy atom. The second kappa shape index (κ2) is 13.6. The molecule has 0 spiro atoms. The monoisotopic (exact) mass is 612 g/mol. The van der Waals surface area contributed by atoms with Crippen LogP contribution >= 0.6 is 0 Å². The minimum Gasteiger partial charge on any atom is -0.461 e. The lowest BCUT2D eigenvalue weighted by molar-refractivity contribution is -0.124. The number of carbonyl (C=O) groups excluding carboxylic acids is 1. The Morgan fingerprint density at radius 2 is 2.04 bits per heavy atom. The molecule has 234 valence electrons. The van der Waals surface area contributed by atoms with Crippen LogP contribution < -0.4 is 14.5 Å². The van der Waals surface area contributed by atoms with E-state index in [1.54, 1.807) is 29.4 Å². The van der Waals surface area contributed by atoms with Crippen molar-refractivity contribution >= 4 is 28.2 Å². The Bertz CT molecular complexity index is 1660. The third-order valence-corrected chi connectivity index (χ3v) is 8.01. The second-order valence-electron chi connectivity index (χ2n) is 11.6. The number of hydrogen-bond acceptors (Lipinski definition) is 10. The Morgan fingerprint density at radius 1 is 1.18 bits per heavy atom. The van der Waals surface area contributed by atoms with Crippen LogP contribution in [0.5, 0.6) is 6.01 Å². The van der Waals surface area contributed by atoms with E-state index in [1.165, 1.54) is 6.07 Å². The number of ether oxygens (including phenoxy) is 2. The molecule has 0 atom stereocenters. The summed E-state index contributed by atoms with van der Waals surface area (Å²) in [6.07, 6.45) is 11.7. The van der Waals surface area contributed by atoms with E-state index in [2.05, 4.69) is 16.0 Å². The van der Waals surface area contributed by atoms with Gasteiger partial charge in [0.05, 0.1) is 55.0 Å². The van der Waals surface area contributed by atoms with Gasteiger partial charge in [-0.1, -0.05) is 18.2 Å². The number of hydrogen-bond donors (Lipinski definition) is 0. The summed E-state index contributed by atoms with van der Waals surface area (Å²) in [5.74, 6) is 0.234. The molecule has 4 heterocycles. The fourth-order valence-corrected chi connectivity index (χ4v) is 5.65. The van der Waals surface area contributed by atoms with Gasteiger partial charge < -0.3 is 29.1 Å². The van der Waals surface area contributed by atoms with E-state index < -0.39 is 0 Å². The van der Waals surface area contributed by atoms with E-state index in [0.717, 1.165) is 29.5 Å². The van der Waals surface area contributed by atoms with Gasteiger partial charge >= 0.3 is 6.01 Å². The lowest BCUT2D eigenvalue weighted by Crippen LogP contribution is -2.42. The molecule has 0 radical (unpaired) electrons. The van der Waals surface area contributed by atoms with E-state index in [1.807, 2.05) is 42.2 Å². The predicted octanol–water partition coefficient (Wildman–Crippen LogP) is 3.81. The lowest BCUT2D eigenvalue weighted by atomic mass is 10.0. The van der Waals surface area contributed by atoms with Crippen LogP contribution in [0.4, 0.5) is 15.9 Å². The molecule has 1 saturated carbocycles.